The number of ether oxygens (including phenoxy) is 1. The third kappa shape index (κ3) is 3.63. The van der Waals surface area contributed by atoms with Crippen LogP contribution in [0, 0.1) is 0 Å². The highest BCUT2D eigenvalue weighted by Gasteiger charge is 2.31. The van der Waals surface area contributed by atoms with Gasteiger partial charge in [-0.1, -0.05) is 36.4 Å². The molecule has 2 amide bonds. The zero-order valence-corrected chi connectivity index (χ0v) is 13.7. The smallest absolute Gasteiger partial charge is 0.289 e. The van der Waals surface area contributed by atoms with Crippen molar-refractivity contribution in [1.29, 1.82) is 0 Å². The number of carbonyl (C=O) groups excluding carboxylic acids is 2. The summed E-state index contributed by atoms with van der Waals surface area (Å²) < 4.78 is 5.85. The molecule has 0 aliphatic carbocycles. The lowest BCUT2D eigenvalue weighted by atomic mass is 10.2. The van der Waals surface area contributed by atoms with Gasteiger partial charge in [0.15, 0.2) is 5.76 Å². The van der Waals surface area contributed by atoms with Gasteiger partial charge in [0.05, 0.1) is 12.1 Å². The van der Waals surface area contributed by atoms with E-state index in [4.69, 9.17) is 4.74 Å². The molecule has 1 heterocycles. The van der Waals surface area contributed by atoms with Crippen LogP contribution in [-0.2, 0) is 16.1 Å². The molecule has 2 aromatic carbocycles. The van der Waals surface area contributed by atoms with Crippen molar-refractivity contribution in [2.75, 3.05) is 13.6 Å². The fourth-order valence-corrected chi connectivity index (χ4v) is 2.52. The predicted molar refractivity (Wildman–Crippen MR) is 92.1 cm³/mol. The molecule has 0 fully saturated rings. The molecular formula is C19H18N2O4. The van der Waals surface area contributed by atoms with E-state index in [0.29, 0.717) is 11.5 Å². The Morgan fingerprint density at radius 1 is 1.16 bits per heavy atom. The van der Waals surface area contributed by atoms with Crippen molar-refractivity contribution in [3.8, 4) is 11.5 Å². The first-order chi connectivity index (χ1) is 12.1. The van der Waals surface area contributed by atoms with Crippen molar-refractivity contribution in [2.24, 2.45) is 0 Å². The maximum atomic E-state index is 12.2. The van der Waals surface area contributed by atoms with Crippen molar-refractivity contribution < 1.29 is 19.4 Å². The summed E-state index contributed by atoms with van der Waals surface area (Å²) in [5.41, 5.74) is 0.867. The normalized spacial score (nSPS) is 14.0. The molecule has 25 heavy (non-hydrogen) atoms. The summed E-state index contributed by atoms with van der Waals surface area (Å²) in [6.45, 7) is 0.315. The monoisotopic (exact) mass is 338 g/mol. The van der Waals surface area contributed by atoms with Gasteiger partial charge in [-0.25, -0.2) is 0 Å². The first-order valence-electron chi connectivity index (χ1n) is 7.83. The number of aliphatic hydroxyl groups is 1. The molecule has 128 valence electrons. The average molecular weight is 338 g/mol. The lowest BCUT2D eigenvalue weighted by Gasteiger charge is -2.12. The van der Waals surface area contributed by atoms with Crippen molar-refractivity contribution in [1.82, 2.24) is 10.2 Å². The van der Waals surface area contributed by atoms with Gasteiger partial charge < -0.3 is 20.1 Å². The van der Waals surface area contributed by atoms with Gasteiger partial charge in [0.25, 0.3) is 11.8 Å². The van der Waals surface area contributed by atoms with Gasteiger partial charge in [0.2, 0.25) is 0 Å². The minimum absolute atomic E-state index is 0.0777. The summed E-state index contributed by atoms with van der Waals surface area (Å²) in [6, 6.07) is 16.7. The van der Waals surface area contributed by atoms with E-state index in [1.54, 1.807) is 0 Å². The zero-order valence-electron chi connectivity index (χ0n) is 13.7. The number of benzene rings is 2. The van der Waals surface area contributed by atoms with Gasteiger partial charge in [0, 0.05) is 19.2 Å². The van der Waals surface area contributed by atoms with Gasteiger partial charge in [0.1, 0.15) is 11.5 Å². The van der Waals surface area contributed by atoms with Crippen LogP contribution >= 0.6 is 0 Å². The third-order valence-electron chi connectivity index (χ3n) is 3.89. The molecule has 0 bridgehead atoms. The van der Waals surface area contributed by atoms with Crippen LogP contribution in [0.2, 0.25) is 0 Å². The number of para-hydroxylation sites is 2. The number of hydrogen-bond donors (Lipinski definition) is 2. The molecule has 1 aliphatic heterocycles. The molecule has 1 aliphatic rings. The molecule has 0 spiro atoms. The number of hydrogen-bond acceptors (Lipinski definition) is 4. The summed E-state index contributed by atoms with van der Waals surface area (Å²) in [5.74, 6) is -0.173. The summed E-state index contributed by atoms with van der Waals surface area (Å²) in [5, 5.41) is 12.5. The first-order valence-corrected chi connectivity index (χ1v) is 7.83. The van der Waals surface area contributed by atoms with Crippen LogP contribution in [0.25, 0.3) is 0 Å². The predicted octanol–water partition coefficient (Wildman–Crippen LogP) is 2.38. The van der Waals surface area contributed by atoms with Crippen LogP contribution in [0.1, 0.15) is 5.56 Å². The largest absolute Gasteiger partial charge is 0.503 e. The summed E-state index contributed by atoms with van der Waals surface area (Å²) in [4.78, 5) is 25.1. The van der Waals surface area contributed by atoms with E-state index in [9.17, 15) is 14.7 Å². The quantitative estimate of drug-likeness (QED) is 0.877. The van der Waals surface area contributed by atoms with Crippen molar-refractivity contribution in [3.05, 3.63) is 71.5 Å². The van der Waals surface area contributed by atoms with Crippen LogP contribution in [-0.4, -0.2) is 35.4 Å². The topological polar surface area (TPSA) is 78.9 Å². The van der Waals surface area contributed by atoms with Gasteiger partial charge in [-0.15, -0.1) is 0 Å². The van der Waals surface area contributed by atoms with E-state index in [1.165, 1.54) is 11.9 Å². The highest BCUT2D eigenvalue weighted by Crippen LogP contribution is 2.25. The Kier molecular flexibility index (Phi) is 4.70. The second-order valence-electron chi connectivity index (χ2n) is 5.69. The van der Waals surface area contributed by atoms with Crippen LogP contribution in [0.3, 0.4) is 0 Å². The lowest BCUT2D eigenvalue weighted by molar-refractivity contribution is -0.126. The maximum Gasteiger partial charge on any atom is 0.289 e. The minimum atomic E-state index is -0.544. The molecule has 0 atom stereocenters. The van der Waals surface area contributed by atoms with Crippen LogP contribution < -0.4 is 10.1 Å². The Morgan fingerprint density at radius 2 is 1.84 bits per heavy atom. The minimum Gasteiger partial charge on any atom is -0.503 e. The molecule has 0 radical (unpaired) electrons. The number of amides is 2. The zero-order chi connectivity index (χ0) is 17.8. The highest BCUT2D eigenvalue weighted by atomic mass is 16.5. The fourth-order valence-electron chi connectivity index (χ4n) is 2.52. The summed E-state index contributed by atoms with van der Waals surface area (Å²) in [6.07, 6.45) is 0. The Balaban J connectivity index is 1.70. The number of nitrogens with zero attached hydrogens (tertiary/aromatic N) is 1. The Bertz CT molecular complexity index is 830. The standard InChI is InChI=1S/C19H18N2O4/c1-21-12-15(17(22)19(21)24)18(23)20-11-13-7-5-6-10-16(13)25-14-8-3-2-4-9-14/h2-10,22H,11-12H2,1H3,(H,20,23). The number of carbonyl (C=O) groups is 2. The number of nitrogens with one attached hydrogen (secondary N) is 1. The van der Waals surface area contributed by atoms with Crippen molar-refractivity contribution in [2.45, 2.75) is 6.54 Å². The number of aliphatic hydroxyl groups excluding tert-OH is 1. The molecule has 0 aromatic heterocycles. The van der Waals surface area contributed by atoms with Crippen LogP contribution in [0.5, 0.6) is 11.5 Å². The van der Waals surface area contributed by atoms with E-state index >= 15 is 0 Å². The second kappa shape index (κ2) is 7.09. The van der Waals surface area contributed by atoms with Crippen LogP contribution in [0.4, 0.5) is 0 Å². The fraction of sp³-hybridized carbons (Fsp3) is 0.158. The molecular weight excluding hydrogens is 320 g/mol. The number of likely N-dealkylation sites (N-methyl/N-ethyl adjacent to an activating group) is 1. The molecule has 6 heteroatoms. The van der Waals surface area contributed by atoms with Crippen LogP contribution in [0.15, 0.2) is 65.9 Å². The molecule has 0 saturated heterocycles. The molecule has 3 rings (SSSR count). The number of rotatable bonds is 5. The molecule has 2 aromatic rings. The van der Waals surface area contributed by atoms with E-state index in [0.717, 1.165) is 5.56 Å². The van der Waals surface area contributed by atoms with Crippen molar-refractivity contribution >= 4 is 11.8 Å². The third-order valence-corrected chi connectivity index (χ3v) is 3.89. The van der Waals surface area contributed by atoms with E-state index in [-0.39, 0.29) is 18.7 Å². The average Bonchev–Trinajstić information content (AvgIpc) is 2.89. The van der Waals surface area contributed by atoms with E-state index in [2.05, 4.69) is 5.32 Å². The second-order valence-corrected chi connectivity index (χ2v) is 5.69. The van der Waals surface area contributed by atoms with Gasteiger partial charge >= 0.3 is 0 Å². The first kappa shape index (κ1) is 16.6. The molecule has 0 unspecified atom stereocenters. The SMILES string of the molecule is CN1CC(C(=O)NCc2ccccc2Oc2ccccc2)=C(O)C1=O. The Morgan fingerprint density at radius 3 is 2.52 bits per heavy atom. The molecule has 2 N–H and O–H groups in total. The Hall–Kier alpha value is -3.28. The molecule has 6 nitrogen and oxygen atoms in total. The van der Waals surface area contributed by atoms with Gasteiger partial charge in [-0.05, 0) is 18.2 Å². The van der Waals surface area contributed by atoms with Gasteiger partial charge in [-0.3, -0.25) is 9.59 Å². The summed E-state index contributed by atoms with van der Waals surface area (Å²) in [7, 11) is 1.53. The highest BCUT2D eigenvalue weighted by molar-refractivity contribution is 6.06. The van der Waals surface area contributed by atoms with E-state index < -0.39 is 17.6 Å². The lowest BCUT2D eigenvalue weighted by Crippen LogP contribution is -2.28. The maximum absolute atomic E-state index is 12.2. The van der Waals surface area contributed by atoms with Crippen molar-refractivity contribution in [3.63, 3.8) is 0 Å². The Labute approximate surface area is 145 Å². The molecule has 0 saturated carbocycles. The summed E-state index contributed by atoms with van der Waals surface area (Å²) >= 11 is 0. The van der Waals surface area contributed by atoms with Gasteiger partial charge in [-0.2, -0.15) is 0 Å². The van der Waals surface area contributed by atoms with E-state index in [1.807, 2.05) is 54.6 Å².